The van der Waals surface area contributed by atoms with Crippen LogP contribution in [0.2, 0.25) is 0 Å². The number of methoxy groups -OCH3 is 1. The standard InChI is InChI=1S/C25H30N4O2/c1-30-24-12-6-5-11-23(24)29-16-14-21(19-29)28-25(26-15-13-22-10-7-17-31-22)27-18-20-8-3-2-4-9-20/h2-12,17,21H,13-16,18-19H2,1H3,(H2,26,27,28). The Kier molecular flexibility index (Phi) is 7.11. The highest BCUT2D eigenvalue weighted by atomic mass is 16.5. The van der Waals surface area contributed by atoms with Crippen molar-refractivity contribution in [2.24, 2.45) is 4.99 Å². The molecule has 0 bridgehead atoms. The number of hydrogen-bond donors (Lipinski definition) is 2. The third kappa shape index (κ3) is 5.81. The van der Waals surface area contributed by atoms with Gasteiger partial charge in [0, 0.05) is 32.1 Å². The van der Waals surface area contributed by atoms with Gasteiger partial charge in [-0.2, -0.15) is 0 Å². The number of ether oxygens (including phenoxy) is 1. The second-order valence-corrected chi connectivity index (χ2v) is 7.65. The lowest BCUT2D eigenvalue weighted by Gasteiger charge is -2.22. The quantitative estimate of drug-likeness (QED) is 0.430. The summed E-state index contributed by atoms with van der Waals surface area (Å²) in [5.74, 6) is 2.72. The molecule has 0 saturated carbocycles. The zero-order valence-corrected chi connectivity index (χ0v) is 18.0. The minimum Gasteiger partial charge on any atom is -0.495 e. The summed E-state index contributed by atoms with van der Waals surface area (Å²) in [6.45, 7) is 3.29. The molecular weight excluding hydrogens is 388 g/mol. The molecule has 1 saturated heterocycles. The molecule has 6 nitrogen and oxygen atoms in total. The molecule has 0 amide bonds. The van der Waals surface area contributed by atoms with Crippen LogP contribution in [0.25, 0.3) is 0 Å². The monoisotopic (exact) mass is 418 g/mol. The molecule has 0 radical (unpaired) electrons. The zero-order valence-electron chi connectivity index (χ0n) is 18.0. The third-order valence-electron chi connectivity index (χ3n) is 5.46. The van der Waals surface area contributed by atoms with E-state index in [2.05, 4.69) is 39.8 Å². The van der Waals surface area contributed by atoms with E-state index >= 15 is 0 Å². The van der Waals surface area contributed by atoms with Crippen LogP contribution >= 0.6 is 0 Å². The largest absolute Gasteiger partial charge is 0.495 e. The average Bonchev–Trinajstić information content (AvgIpc) is 3.50. The topological polar surface area (TPSA) is 62.0 Å². The number of anilines is 1. The summed E-state index contributed by atoms with van der Waals surface area (Å²) in [4.78, 5) is 7.20. The van der Waals surface area contributed by atoms with Crippen molar-refractivity contribution >= 4 is 11.6 Å². The Labute approximate surface area is 183 Å². The first-order valence-corrected chi connectivity index (χ1v) is 10.8. The van der Waals surface area contributed by atoms with Gasteiger partial charge < -0.3 is 24.7 Å². The molecule has 2 aromatic carbocycles. The number of nitrogens with zero attached hydrogens (tertiary/aromatic N) is 2. The van der Waals surface area contributed by atoms with Gasteiger partial charge in [-0.1, -0.05) is 42.5 Å². The van der Waals surface area contributed by atoms with E-state index in [1.807, 2.05) is 42.5 Å². The molecule has 6 heteroatoms. The number of hydrogen-bond acceptors (Lipinski definition) is 4. The molecule has 31 heavy (non-hydrogen) atoms. The van der Waals surface area contributed by atoms with Gasteiger partial charge in [-0.3, -0.25) is 0 Å². The van der Waals surface area contributed by atoms with Crippen LogP contribution < -0.4 is 20.3 Å². The molecule has 1 aliphatic heterocycles. The number of guanidine groups is 1. The fourth-order valence-electron chi connectivity index (χ4n) is 3.85. The number of rotatable bonds is 8. The number of benzene rings is 2. The second kappa shape index (κ2) is 10.6. The van der Waals surface area contributed by atoms with E-state index < -0.39 is 0 Å². The molecule has 2 N–H and O–H groups in total. The molecular formula is C25H30N4O2. The highest BCUT2D eigenvalue weighted by Gasteiger charge is 2.25. The first kappa shape index (κ1) is 20.8. The van der Waals surface area contributed by atoms with Crippen LogP contribution in [0.5, 0.6) is 5.75 Å². The molecule has 2 heterocycles. The van der Waals surface area contributed by atoms with Gasteiger partial charge in [0.2, 0.25) is 0 Å². The van der Waals surface area contributed by atoms with Gasteiger partial charge in [-0.25, -0.2) is 4.99 Å². The van der Waals surface area contributed by atoms with Crippen LogP contribution in [-0.4, -0.2) is 38.7 Å². The molecule has 0 aliphatic carbocycles. The third-order valence-corrected chi connectivity index (χ3v) is 5.46. The van der Waals surface area contributed by atoms with E-state index in [1.165, 1.54) is 5.56 Å². The van der Waals surface area contributed by atoms with Crippen molar-refractivity contribution in [2.75, 3.05) is 31.6 Å². The Morgan fingerprint density at radius 2 is 1.94 bits per heavy atom. The molecule has 4 rings (SSSR count). The maximum Gasteiger partial charge on any atom is 0.191 e. The van der Waals surface area contributed by atoms with E-state index in [-0.39, 0.29) is 0 Å². The van der Waals surface area contributed by atoms with Gasteiger partial charge in [0.25, 0.3) is 0 Å². The van der Waals surface area contributed by atoms with Crippen molar-refractivity contribution in [3.05, 3.63) is 84.3 Å². The fourth-order valence-corrected chi connectivity index (χ4v) is 3.85. The van der Waals surface area contributed by atoms with Gasteiger partial charge in [-0.05, 0) is 36.2 Å². The van der Waals surface area contributed by atoms with E-state index in [0.29, 0.717) is 12.6 Å². The van der Waals surface area contributed by atoms with Gasteiger partial charge in [-0.15, -0.1) is 0 Å². The maximum absolute atomic E-state index is 5.54. The summed E-state index contributed by atoms with van der Waals surface area (Å²) >= 11 is 0. The van der Waals surface area contributed by atoms with Crippen molar-refractivity contribution in [3.8, 4) is 5.75 Å². The summed E-state index contributed by atoms with van der Waals surface area (Å²) in [5, 5.41) is 7.10. The van der Waals surface area contributed by atoms with E-state index in [0.717, 1.165) is 55.6 Å². The normalized spacial score (nSPS) is 16.4. The summed E-state index contributed by atoms with van der Waals surface area (Å²) in [6.07, 6.45) is 3.57. The lowest BCUT2D eigenvalue weighted by atomic mass is 10.2. The number of aliphatic imine (C=N–C) groups is 1. The van der Waals surface area contributed by atoms with E-state index in [4.69, 9.17) is 14.1 Å². The second-order valence-electron chi connectivity index (χ2n) is 7.65. The Bertz CT molecular complexity index is 957. The molecule has 1 unspecified atom stereocenters. The molecule has 3 aromatic rings. The van der Waals surface area contributed by atoms with Crippen LogP contribution in [-0.2, 0) is 13.0 Å². The Balaban J connectivity index is 1.38. The Morgan fingerprint density at radius 3 is 2.74 bits per heavy atom. The molecule has 1 aromatic heterocycles. The fraction of sp³-hybridized carbons (Fsp3) is 0.320. The highest BCUT2D eigenvalue weighted by molar-refractivity contribution is 5.80. The minimum absolute atomic E-state index is 0.315. The zero-order chi connectivity index (χ0) is 21.3. The molecule has 0 spiro atoms. The lowest BCUT2D eigenvalue weighted by molar-refractivity contribution is 0.415. The van der Waals surface area contributed by atoms with Crippen LogP contribution in [0, 0.1) is 0 Å². The Hall–Kier alpha value is -3.41. The molecule has 1 aliphatic rings. The predicted molar refractivity (Wildman–Crippen MR) is 125 cm³/mol. The minimum atomic E-state index is 0.315. The van der Waals surface area contributed by atoms with Crippen molar-refractivity contribution in [1.29, 1.82) is 0 Å². The maximum atomic E-state index is 5.54. The van der Waals surface area contributed by atoms with Gasteiger partial charge in [0.1, 0.15) is 11.5 Å². The summed E-state index contributed by atoms with van der Waals surface area (Å²) in [5.41, 5.74) is 2.33. The number of nitrogens with one attached hydrogen (secondary N) is 2. The van der Waals surface area contributed by atoms with Crippen molar-refractivity contribution in [3.63, 3.8) is 0 Å². The summed E-state index contributed by atoms with van der Waals surface area (Å²) in [7, 11) is 1.72. The Morgan fingerprint density at radius 1 is 1.10 bits per heavy atom. The van der Waals surface area contributed by atoms with Gasteiger partial charge in [0.15, 0.2) is 5.96 Å². The SMILES string of the molecule is COc1ccccc1N1CCC(NC(=NCc2ccccc2)NCCc2ccco2)C1. The van der Waals surface area contributed by atoms with Crippen molar-refractivity contribution < 1.29 is 9.15 Å². The van der Waals surface area contributed by atoms with Crippen LogP contribution in [0.3, 0.4) is 0 Å². The summed E-state index contributed by atoms with van der Waals surface area (Å²) < 4.78 is 11.0. The van der Waals surface area contributed by atoms with Crippen molar-refractivity contribution in [2.45, 2.75) is 25.4 Å². The molecule has 1 atom stereocenters. The van der Waals surface area contributed by atoms with Crippen molar-refractivity contribution in [1.82, 2.24) is 10.6 Å². The number of furan rings is 1. The van der Waals surface area contributed by atoms with Gasteiger partial charge in [0.05, 0.1) is 25.6 Å². The highest BCUT2D eigenvalue weighted by Crippen LogP contribution is 2.30. The van der Waals surface area contributed by atoms with Gasteiger partial charge >= 0.3 is 0 Å². The first-order valence-electron chi connectivity index (χ1n) is 10.8. The van der Waals surface area contributed by atoms with Crippen LogP contribution in [0.15, 0.2) is 82.4 Å². The van der Waals surface area contributed by atoms with E-state index in [9.17, 15) is 0 Å². The lowest BCUT2D eigenvalue weighted by Crippen LogP contribution is -2.45. The molecule has 162 valence electrons. The molecule has 1 fully saturated rings. The summed E-state index contributed by atoms with van der Waals surface area (Å²) in [6, 6.07) is 22.7. The van der Waals surface area contributed by atoms with Crippen LogP contribution in [0.1, 0.15) is 17.7 Å². The predicted octanol–water partition coefficient (Wildman–Crippen LogP) is 3.85. The smallest absolute Gasteiger partial charge is 0.191 e. The van der Waals surface area contributed by atoms with E-state index in [1.54, 1.807) is 13.4 Å². The average molecular weight is 419 g/mol. The first-order chi connectivity index (χ1) is 15.3. The number of para-hydroxylation sites is 2. The van der Waals surface area contributed by atoms with Crippen LogP contribution in [0.4, 0.5) is 5.69 Å².